The summed E-state index contributed by atoms with van der Waals surface area (Å²) in [5.41, 5.74) is 0.901. The molecule has 25 heavy (non-hydrogen) atoms. The van der Waals surface area contributed by atoms with Gasteiger partial charge >= 0.3 is 121 Å². The maximum atomic E-state index is 10.9. The van der Waals surface area contributed by atoms with Crippen LogP contribution in [0.1, 0.15) is 25.7 Å². The molecular formula is C17H22BClN3O3. The fraction of sp³-hybridized carbons (Fsp3) is 0.588. The molecule has 1 aromatic rings. The summed E-state index contributed by atoms with van der Waals surface area (Å²) in [6, 6.07) is 4.95. The van der Waals surface area contributed by atoms with Crippen molar-refractivity contribution in [3.05, 3.63) is 33.3 Å². The third-order valence-electron chi connectivity index (χ3n) is 5.56. The van der Waals surface area contributed by atoms with Gasteiger partial charge in [-0.3, -0.25) is 10.1 Å². The number of nitrogens with zero attached hydrogens (tertiary/aromatic N) is 3. The zero-order valence-electron chi connectivity index (χ0n) is 14.1. The van der Waals surface area contributed by atoms with Gasteiger partial charge in [0.1, 0.15) is 0 Å². The van der Waals surface area contributed by atoms with Gasteiger partial charge in [0.2, 0.25) is 0 Å². The number of rotatable bonds is 4. The number of benzene rings is 1. The minimum atomic E-state index is -0.457. The molecule has 2 fully saturated rings. The molecule has 6 nitrogen and oxygen atoms in total. The Kier molecular flexibility index (Phi) is 5.52. The van der Waals surface area contributed by atoms with E-state index in [0.29, 0.717) is 11.8 Å². The Labute approximate surface area is 153 Å². The average Bonchev–Trinajstić information content (AvgIpc) is 2.61. The van der Waals surface area contributed by atoms with Crippen LogP contribution in [0.3, 0.4) is 0 Å². The van der Waals surface area contributed by atoms with Crippen LogP contribution in [0, 0.1) is 22.0 Å². The van der Waals surface area contributed by atoms with Gasteiger partial charge in [-0.1, -0.05) is 11.6 Å². The first-order chi connectivity index (χ1) is 12.0. The molecule has 0 aliphatic carbocycles. The first-order valence-corrected chi connectivity index (χ1v) is 9.08. The van der Waals surface area contributed by atoms with E-state index in [0.717, 1.165) is 57.5 Å². The molecule has 0 unspecified atom stereocenters. The van der Waals surface area contributed by atoms with Gasteiger partial charge in [-0.15, -0.1) is 0 Å². The van der Waals surface area contributed by atoms with Crippen LogP contribution in [0.15, 0.2) is 18.2 Å². The van der Waals surface area contributed by atoms with E-state index in [9.17, 15) is 15.2 Å². The molecule has 0 spiro atoms. The Morgan fingerprint density at radius 2 is 1.72 bits per heavy atom. The standard InChI is InChI=1S/C17H22BClN3O3/c18-17(23)21-9-5-13(6-10-21)12-3-7-20(8-4-12)14-1-2-16(22(24)25)15(19)11-14/h1-2,11-13,23H,3-10H2. The fourth-order valence-corrected chi connectivity index (χ4v) is 4.31. The molecule has 2 aliphatic rings. The molecule has 1 aromatic carbocycles. The summed E-state index contributed by atoms with van der Waals surface area (Å²) in [6.07, 6.45) is 4.35. The number of aliphatic hydroxyl groups is 1. The van der Waals surface area contributed by atoms with Crippen molar-refractivity contribution in [3.63, 3.8) is 0 Å². The van der Waals surface area contributed by atoms with Gasteiger partial charge in [-0.2, -0.15) is 0 Å². The molecule has 1 radical (unpaired) electrons. The number of halogens is 1. The van der Waals surface area contributed by atoms with Crippen molar-refractivity contribution in [2.24, 2.45) is 11.8 Å². The van der Waals surface area contributed by atoms with Gasteiger partial charge in [-0.05, 0) is 0 Å². The summed E-state index contributed by atoms with van der Waals surface area (Å²) in [4.78, 5) is 14.5. The summed E-state index contributed by atoms with van der Waals surface area (Å²) >= 11 is 6.03. The zero-order valence-corrected chi connectivity index (χ0v) is 14.9. The molecule has 0 saturated carbocycles. The quantitative estimate of drug-likeness (QED) is 0.507. The van der Waals surface area contributed by atoms with Crippen LogP contribution in [0.25, 0.3) is 0 Å². The monoisotopic (exact) mass is 362 g/mol. The van der Waals surface area contributed by atoms with Crippen LogP contribution in [-0.2, 0) is 0 Å². The molecular weight excluding hydrogens is 340 g/mol. The third-order valence-corrected chi connectivity index (χ3v) is 5.87. The van der Waals surface area contributed by atoms with Gasteiger partial charge in [-0.25, -0.2) is 0 Å². The van der Waals surface area contributed by atoms with E-state index < -0.39 is 4.92 Å². The number of likely N-dealkylation sites (tertiary alicyclic amines) is 1. The molecule has 2 saturated heterocycles. The number of piperidine rings is 2. The van der Waals surface area contributed by atoms with Crippen molar-refractivity contribution in [1.29, 1.82) is 0 Å². The zero-order chi connectivity index (χ0) is 18.0. The van der Waals surface area contributed by atoms with Crippen molar-refractivity contribution in [1.82, 2.24) is 4.90 Å². The Hall–Kier alpha value is -1.76. The number of hydrogen-bond donors (Lipinski definition) is 1. The van der Waals surface area contributed by atoms with E-state index >= 15 is 0 Å². The summed E-state index contributed by atoms with van der Waals surface area (Å²) in [5.74, 6) is 1.30. The van der Waals surface area contributed by atoms with E-state index in [-0.39, 0.29) is 16.5 Å². The number of nitro benzene ring substituents is 1. The van der Waals surface area contributed by atoms with Gasteiger partial charge < -0.3 is 0 Å². The topological polar surface area (TPSA) is 69.8 Å². The van der Waals surface area contributed by atoms with Crippen molar-refractivity contribution in [3.8, 4) is 0 Å². The summed E-state index contributed by atoms with van der Waals surface area (Å²) < 4.78 is 0. The first-order valence-electron chi connectivity index (χ1n) is 8.71. The number of hydrogen-bond acceptors (Lipinski definition) is 5. The molecule has 133 valence electrons. The fourth-order valence-electron chi connectivity index (χ4n) is 4.07. The van der Waals surface area contributed by atoms with Crippen molar-refractivity contribution >= 4 is 36.2 Å². The van der Waals surface area contributed by atoms with E-state index in [4.69, 9.17) is 19.1 Å². The van der Waals surface area contributed by atoms with E-state index in [2.05, 4.69) is 4.90 Å². The van der Waals surface area contributed by atoms with Crippen LogP contribution in [-0.4, -0.2) is 54.4 Å². The average molecular weight is 363 g/mol. The van der Waals surface area contributed by atoms with Gasteiger partial charge in [0.15, 0.2) is 0 Å². The summed E-state index contributed by atoms with van der Waals surface area (Å²) in [7, 11) is 5.45. The Morgan fingerprint density at radius 1 is 1.16 bits per heavy atom. The second kappa shape index (κ2) is 7.64. The predicted molar refractivity (Wildman–Crippen MR) is 100 cm³/mol. The van der Waals surface area contributed by atoms with Crippen LogP contribution >= 0.6 is 11.6 Å². The Balaban J connectivity index is 1.55. The first kappa shape index (κ1) is 18.0. The molecule has 3 rings (SSSR count). The van der Waals surface area contributed by atoms with Crippen LogP contribution in [0.2, 0.25) is 5.02 Å². The van der Waals surface area contributed by atoms with E-state index in [1.807, 2.05) is 4.90 Å². The van der Waals surface area contributed by atoms with Crippen molar-refractivity contribution < 1.29 is 10.0 Å². The second-order valence-corrected chi connectivity index (χ2v) is 7.31. The third kappa shape index (κ3) is 4.08. The second-order valence-electron chi connectivity index (χ2n) is 6.90. The molecule has 1 N–H and O–H groups in total. The van der Waals surface area contributed by atoms with Crippen LogP contribution in [0.4, 0.5) is 11.4 Å². The Bertz CT molecular complexity index is 657. The Morgan fingerprint density at radius 3 is 2.20 bits per heavy atom. The maximum absolute atomic E-state index is 10.9. The molecule has 0 aromatic heterocycles. The molecule has 0 atom stereocenters. The number of nitro groups is 1. The number of anilines is 1. The molecule has 0 bridgehead atoms. The van der Waals surface area contributed by atoms with Crippen molar-refractivity contribution in [2.45, 2.75) is 25.7 Å². The number of aliphatic hydroxyl groups excluding tert-OH is 1. The molecule has 8 heteroatoms. The summed E-state index contributed by atoms with van der Waals surface area (Å²) in [6.45, 7) is 3.52. The van der Waals surface area contributed by atoms with Gasteiger partial charge in [0.25, 0.3) is 5.69 Å². The van der Waals surface area contributed by atoms with Crippen LogP contribution in [0.5, 0.6) is 0 Å². The SMILES string of the molecule is [B]=C(O)N1CCC(C2CCN(c3ccc([N+](=O)[O-])c(Cl)c3)CC2)CC1. The molecule has 2 heterocycles. The van der Waals surface area contributed by atoms with Gasteiger partial charge in [0.05, 0.1) is 4.92 Å². The molecule has 2 aliphatic heterocycles. The summed E-state index contributed by atoms with van der Waals surface area (Å²) in [5, 5.41) is 20.4. The molecule has 0 amide bonds. The van der Waals surface area contributed by atoms with Gasteiger partial charge in [0, 0.05) is 0 Å². The van der Waals surface area contributed by atoms with Crippen LogP contribution < -0.4 is 4.90 Å². The normalized spacial score (nSPS) is 19.8. The minimum absolute atomic E-state index is 0.0491. The van der Waals surface area contributed by atoms with Crippen molar-refractivity contribution in [2.75, 3.05) is 31.1 Å². The predicted octanol–water partition coefficient (Wildman–Crippen LogP) is 2.81. The van der Waals surface area contributed by atoms with E-state index in [1.165, 1.54) is 6.07 Å². The van der Waals surface area contributed by atoms with E-state index in [1.54, 1.807) is 12.1 Å².